The molecule has 7 heteroatoms. The van der Waals surface area contributed by atoms with Gasteiger partial charge in [0.1, 0.15) is 0 Å². The second-order valence-corrected chi connectivity index (χ2v) is 10.2. The molecule has 0 spiro atoms. The number of hydrogen-bond donors (Lipinski definition) is 0. The van der Waals surface area contributed by atoms with Gasteiger partial charge in [0.15, 0.2) is 9.84 Å². The highest BCUT2D eigenvalue weighted by Crippen LogP contribution is 2.29. The van der Waals surface area contributed by atoms with Crippen molar-refractivity contribution >= 4 is 19.9 Å². The summed E-state index contributed by atoms with van der Waals surface area (Å²) in [7, 11) is -6.75. The van der Waals surface area contributed by atoms with Crippen LogP contribution in [0.25, 0.3) is 0 Å². The Labute approximate surface area is 132 Å². The number of nitrogens with zero attached hydrogens (tertiary/aromatic N) is 1. The lowest BCUT2D eigenvalue weighted by atomic mass is 10.1. The van der Waals surface area contributed by atoms with E-state index in [-0.39, 0.29) is 11.5 Å². The molecule has 0 radical (unpaired) electrons. The molecule has 0 aromatic heterocycles. The molecule has 3 rings (SSSR count). The van der Waals surface area contributed by atoms with Crippen LogP contribution in [0, 0.1) is 0 Å². The monoisotopic (exact) mass is 343 g/mol. The average Bonchev–Trinajstić information content (AvgIpc) is 3.04. The van der Waals surface area contributed by atoms with Gasteiger partial charge in [0.05, 0.1) is 16.4 Å². The van der Waals surface area contributed by atoms with Crippen LogP contribution in [-0.4, -0.2) is 45.2 Å². The van der Waals surface area contributed by atoms with Gasteiger partial charge in [0.25, 0.3) is 0 Å². The van der Waals surface area contributed by atoms with Crippen LogP contribution in [-0.2, 0) is 32.7 Å². The lowest BCUT2D eigenvalue weighted by molar-refractivity contribution is 0.354. The lowest BCUT2D eigenvalue weighted by Crippen LogP contribution is -2.40. The van der Waals surface area contributed by atoms with Crippen molar-refractivity contribution in [2.45, 2.75) is 43.5 Å². The molecule has 0 N–H and O–H groups in total. The molecule has 1 atom stereocenters. The Morgan fingerprint density at radius 1 is 1.23 bits per heavy atom. The summed E-state index contributed by atoms with van der Waals surface area (Å²) < 4.78 is 50.5. The molecule has 1 aliphatic carbocycles. The fourth-order valence-electron chi connectivity index (χ4n) is 3.47. The van der Waals surface area contributed by atoms with Crippen molar-refractivity contribution in [3.63, 3.8) is 0 Å². The number of hydrogen-bond acceptors (Lipinski definition) is 4. The van der Waals surface area contributed by atoms with E-state index < -0.39 is 25.9 Å². The van der Waals surface area contributed by atoms with Gasteiger partial charge in [0.2, 0.25) is 10.0 Å². The summed E-state index contributed by atoms with van der Waals surface area (Å²) in [6.07, 6.45) is 3.38. The third kappa shape index (κ3) is 2.81. The van der Waals surface area contributed by atoms with Crippen LogP contribution in [0.15, 0.2) is 23.1 Å². The smallest absolute Gasteiger partial charge is 0.229 e. The zero-order valence-corrected chi connectivity index (χ0v) is 14.3. The summed E-state index contributed by atoms with van der Waals surface area (Å²) in [5.74, 6) is 0.0128. The Balaban J connectivity index is 1.94. The molecule has 22 heavy (non-hydrogen) atoms. The largest absolute Gasteiger partial charge is 0.243 e. The van der Waals surface area contributed by atoms with Gasteiger partial charge in [-0.1, -0.05) is 13.0 Å². The van der Waals surface area contributed by atoms with Crippen molar-refractivity contribution in [2.24, 2.45) is 0 Å². The normalized spacial score (nSPS) is 23.8. The molecule has 1 aliphatic heterocycles. The van der Waals surface area contributed by atoms with E-state index in [2.05, 4.69) is 0 Å². The van der Waals surface area contributed by atoms with Gasteiger partial charge in [-0.3, -0.25) is 0 Å². The zero-order valence-electron chi connectivity index (χ0n) is 12.7. The molecule has 0 bridgehead atoms. The SMILES string of the molecule is CCN([C@H]1CCS(=O)(=O)C1)S(=O)(=O)c1ccc2c(c1)CCC2. The van der Waals surface area contributed by atoms with Crippen molar-refractivity contribution in [1.82, 2.24) is 4.31 Å². The summed E-state index contributed by atoms with van der Waals surface area (Å²) >= 11 is 0. The van der Waals surface area contributed by atoms with Gasteiger partial charge in [-0.25, -0.2) is 16.8 Å². The minimum Gasteiger partial charge on any atom is -0.229 e. The summed E-state index contributed by atoms with van der Waals surface area (Å²) in [6, 6.07) is 4.89. The number of benzene rings is 1. The molecule has 0 unspecified atom stereocenters. The Bertz CT molecular complexity index is 784. The van der Waals surface area contributed by atoms with Crippen LogP contribution in [0.3, 0.4) is 0 Å². The predicted octanol–water partition coefficient (Wildman–Crippen LogP) is 1.37. The minimum atomic E-state index is -3.64. The highest BCUT2D eigenvalue weighted by molar-refractivity contribution is 7.92. The number of aryl methyl sites for hydroxylation is 2. The summed E-state index contributed by atoms with van der Waals surface area (Å²) in [5, 5.41) is 0. The van der Waals surface area contributed by atoms with Crippen molar-refractivity contribution in [3.8, 4) is 0 Å². The Kier molecular flexibility index (Phi) is 4.07. The molecule has 1 saturated heterocycles. The van der Waals surface area contributed by atoms with Crippen LogP contribution < -0.4 is 0 Å². The molecule has 1 aromatic rings. The second-order valence-electron chi connectivity index (χ2n) is 6.05. The van der Waals surface area contributed by atoms with Crippen LogP contribution in [0.5, 0.6) is 0 Å². The standard InChI is InChI=1S/C15H21NO4S2/c1-2-16(14-8-9-21(17,18)11-14)22(19,20)15-7-6-12-4-3-5-13(12)10-15/h6-7,10,14H,2-5,8-9,11H2,1H3/t14-/m0/s1. The van der Waals surface area contributed by atoms with E-state index in [0.29, 0.717) is 17.9 Å². The van der Waals surface area contributed by atoms with Crippen molar-refractivity contribution in [3.05, 3.63) is 29.3 Å². The molecule has 0 amide bonds. The highest BCUT2D eigenvalue weighted by atomic mass is 32.2. The van der Waals surface area contributed by atoms with Gasteiger partial charge in [-0.15, -0.1) is 0 Å². The summed E-state index contributed by atoms with van der Waals surface area (Å²) in [5.41, 5.74) is 2.33. The quantitative estimate of drug-likeness (QED) is 0.828. The Morgan fingerprint density at radius 3 is 2.59 bits per heavy atom. The third-order valence-electron chi connectivity index (χ3n) is 4.60. The van der Waals surface area contributed by atoms with Crippen LogP contribution in [0.1, 0.15) is 30.9 Å². The predicted molar refractivity (Wildman–Crippen MR) is 85.1 cm³/mol. The molecular weight excluding hydrogens is 322 g/mol. The molecule has 1 fully saturated rings. The van der Waals surface area contributed by atoms with Gasteiger partial charge < -0.3 is 0 Å². The fourth-order valence-corrected chi connectivity index (χ4v) is 7.01. The average molecular weight is 343 g/mol. The maximum absolute atomic E-state index is 12.9. The number of fused-ring (bicyclic) bond motifs is 1. The van der Waals surface area contributed by atoms with E-state index in [1.807, 2.05) is 6.07 Å². The molecule has 1 heterocycles. The molecule has 122 valence electrons. The third-order valence-corrected chi connectivity index (χ3v) is 8.38. The van der Waals surface area contributed by atoms with Crippen LogP contribution >= 0.6 is 0 Å². The zero-order chi connectivity index (χ0) is 16.0. The maximum atomic E-state index is 12.9. The topological polar surface area (TPSA) is 71.5 Å². The number of sulfonamides is 1. The summed E-state index contributed by atoms with van der Waals surface area (Å²) in [6.45, 7) is 2.05. The first kappa shape index (κ1) is 16.0. The molecular formula is C15H21NO4S2. The Hall–Kier alpha value is -0.920. The van der Waals surface area contributed by atoms with E-state index in [1.54, 1.807) is 19.1 Å². The fraction of sp³-hybridized carbons (Fsp3) is 0.600. The van der Waals surface area contributed by atoms with Gasteiger partial charge in [-0.05, 0) is 48.9 Å². The highest BCUT2D eigenvalue weighted by Gasteiger charge is 2.38. The first-order valence-electron chi connectivity index (χ1n) is 7.67. The van der Waals surface area contributed by atoms with Crippen molar-refractivity contribution in [1.29, 1.82) is 0 Å². The van der Waals surface area contributed by atoms with Crippen molar-refractivity contribution in [2.75, 3.05) is 18.1 Å². The van der Waals surface area contributed by atoms with E-state index in [0.717, 1.165) is 24.8 Å². The summed E-state index contributed by atoms with van der Waals surface area (Å²) in [4.78, 5) is 0.291. The first-order chi connectivity index (χ1) is 10.3. The number of sulfone groups is 1. The van der Waals surface area contributed by atoms with E-state index in [9.17, 15) is 16.8 Å². The van der Waals surface area contributed by atoms with E-state index in [4.69, 9.17) is 0 Å². The van der Waals surface area contributed by atoms with E-state index in [1.165, 1.54) is 9.87 Å². The Morgan fingerprint density at radius 2 is 1.95 bits per heavy atom. The maximum Gasteiger partial charge on any atom is 0.243 e. The minimum absolute atomic E-state index is 0.0645. The van der Waals surface area contributed by atoms with Gasteiger partial charge in [0, 0.05) is 12.6 Å². The second kappa shape index (κ2) is 5.62. The van der Waals surface area contributed by atoms with Gasteiger partial charge >= 0.3 is 0 Å². The van der Waals surface area contributed by atoms with Gasteiger partial charge in [-0.2, -0.15) is 4.31 Å². The molecule has 1 aromatic carbocycles. The molecule has 2 aliphatic rings. The lowest BCUT2D eigenvalue weighted by Gasteiger charge is -2.26. The number of rotatable bonds is 4. The molecule has 0 saturated carbocycles. The van der Waals surface area contributed by atoms with E-state index >= 15 is 0 Å². The molecule has 5 nitrogen and oxygen atoms in total. The van der Waals surface area contributed by atoms with Crippen LogP contribution in [0.4, 0.5) is 0 Å². The first-order valence-corrected chi connectivity index (χ1v) is 10.9. The van der Waals surface area contributed by atoms with Crippen molar-refractivity contribution < 1.29 is 16.8 Å². The van der Waals surface area contributed by atoms with Crippen LogP contribution in [0.2, 0.25) is 0 Å².